The first kappa shape index (κ1) is 16.1. The van der Waals surface area contributed by atoms with Gasteiger partial charge in [0.05, 0.1) is 29.7 Å². The van der Waals surface area contributed by atoms with Gasteiger partial charge >= 0.3 is 0 Å². The van der Waals surface area contributed by atoms with Crippen molar-refractivity contribution in [2.24, 2.45) is 0 Å². The van der Waals surface area contributed by atoms with Crippen molar-refractivity contribution in [2.75, 3.05) is 6.61 Å². The van der Waals surface area contributed by atoms with Crippen LogP contribution in [0.15, 0.2) is 74.1 Å². The van der Waals surface area contributed by atoms with Crippen LogP contribution in [0.25, 0.3) is 28.1 Å². The predicted molar refractivity (Wildman–Crippen MR) is 102 cm³/mol. The summed E-state index contributed by atoms with van der Waals surface area (Å²) in [5.74, 6) is 0. The molecule has 6 heteroatoms. The van der Waals surface area contributed by atoms with Gasteiger partial charge in [-0.2, -0.15) is 0 Å². The smallest absolute Gasteiger partial charge is 0.100 e. The Morgan fingerprint density at radius 3 is 2.85 bits per heavy atom. The second kappa shape index (κ2) is 6.85. The fraction of sp³-hybridized carbons (Fsp3) is 0.100. The van der Waals surface area contributed by atoms with Crippen LogP contribution in [0.5, 0.6) is 0 Å². The van der Waals surface area contributed by atoms with E-state index in [1.165, 1.54) is 0 Å². The van der Waals surface area contributed by atoms with Gasteiger partial charge < -0.3 is 4.57 Å². The number of fused-ring (bicyclic) bond motifs is 1. The molecule has 0 radical (unpaired) electrons. The normalized spacial score (nSPS) is 11.0. The molecule has 0 fully saturated rings. The summed E-state index contributed by atoms with van der Waals surface area (Å²) in [5.41, 5.74) is 8.51. The van der Waals surface area contributed by atoms with Gasteiger partial charge in [0.15, 0.2) is 0 Å². The van der Waals surface area contributed by atoms with Crippen LogP contribution in [0.4, 0.5) is 0 Å². The number of hydrogen-bond acceptors (Lipinski definition) is 4. The van der Waals surface area contributed by atoms with Crippen molar-refractivity contribution in [3.63, 3.8) is 0 Å². The molecule has 0 atom stereocenters. The van der Waals surface area contributed by atoms with Gasteiger partial charge in [0.1, 0.15) is 6.33 Å². The van der Waals surface area contributed by atoms with E-state index in [9.17, 15) is 0 Å². The highest BCUT2D eigenvalue weighted by atomic mass is 16.6. The largest absolute Gasteiger partial charge is 0.306 e. The van der Waals surface area contributed by atoms with E-state index in [4.69, 9.17) is 4.84 Å². The van der Waals surface area contributed by atoms with Crippen LogP contribution < -0.4 is 5.48 Å². The van der Waals surface area contributed by atoms with Crippen molar-refractivity contribution in [2.45, 2.75) is 6.92 Å². The molecule has 0 aliphatic rings. The maximum Gasteiger partial charge on any atom is 0.100 e. The minimum atomic E-state index is 0.573. The molecular formula is C20H19N5O. The van der Waals surface area contributed by atoms with E-state index in [-0.39, 0.29) is 0 Å². The first-order valence-corrected chi connectivity index (χ1v) is 8.39. The van der Waals surface area contributed by atoms with Gasteiger partial charge in [-0.3, -0.25) is 14.9 Å². The van der Waals surface area contributed by atoms with E-state index in [1.807, 2.05) is 54.3 Å². The molecule has 0 spiro atoms. The van der Waals surface area contributed by atoms with Crippen LogP contribution in [0.2, 0.25) is 0 Å². The molecule has 2 aromatic carbocycles. The summed E-state index contributed by atoms with van der Waals surface area (Å²) in [6, 6.07) is 14.3. The van der Waals surface area contributed by atoms with Gasteiger partial charge in [0.2, 0.25) is 0 Å². The molecule has 4 rings (SSSR count). The summed E-state index contributed by atoms with van der Waals surface area (Å²) in [5, 5.41) is 0. The van der Waals surface area contributed by atoms with Gasteiger partial charge in [-0.25, -0.2) is 9.97 Å². The monoisotopic (exact) mass is 345 g/mol. The molecule has 0 bridgehead atoms. The third-order valence-corrected chi connectivity index (χ3v) is 4.15. The first-order valence-electron chi connectivity index (χ1n) is 8.39. The number of rotatable bonds is 6. The Hall–Kier alpha value is -3.38. The summed E-state index contributed by atoms with van der Waals surface area (Å²) in [7, 11) is 0. The SMILES string of the molecule is C=C(NOCC)c1ccc2c(c1)ncn2-c1cccc(-n2ccnc2)c1. The molecular weight excluding hydrogens is 326 g/mol. The van der Waals surface area contributed by atoms with Gasteiger partial charge in [-0.05, 0) is 37.3 Å². The van der Waals surface area contributed by atoms with E-state index in [0.717, 1.165) is 28.0 Å². The molecule has 2 heterocycles. The van der Waals surface area contributed by atoms with Gasteiger partial charge in [0.25, 0.3) is 0 Å². The summed E-state index contributed by atoms with van der Waals surface area (Å²) >= 11 is 0. The Kier molecular flexibility index (Phi) is 4.25. The Bertz CT molecular complexity index is 1050. The maximum atomic E-state index is 5.20. The third kappa shape index (κ3) is 2.98. The average molecular weight is 345 g/mol. The van der Waals surface area contributed by atoms with E-state index in [2.05, 4.69) is 38.7 Å². The second-order valence-corrected chi connectivity index (χ2v) is 5.82. The lowest BCUT2D eigenvalue weighted by Gasteiger charge is -2.10. The molecule has 0 saturated carbocycles. The van der Waals surface area contributed by atoms with E-state index < -0.39 is 0 Å². The summed E-state index contributed by atoms with van der Waals surface area (Å²) < 4.78 is 4.04. The number of aromatic nitrogens is 4. The summed E-state index contributed by atoms with van der Waals surface area (Å²) in [4.78, 5) is 13.9. The zero-order valence-electron chi connectivity index (χ0n) is 14.5. The molecule has 0 aliphatic heterocycles. The Morgan fingerprint density at radius 1 is 1.15 bits per heavy atom. The van der Waals surface area contributed by atoms with E-state index in [1.54, 1.807) is 12.5 Å². The van der Waals surface area contributed by atoms with Crippen LogP contribution in [-0.4, -0.2) is 25.7 Å². The number of hydroxylamine groups is 1. The van der Waals surface area contributed by atoms with Gasteiger partial charge in [-0.1, -0.05) is 18.7 Å². The Balaban J connectivity index is 1.70. The second-order valence-electron chi connectivity index (χ2n) is 5.82. The number of hydrogen-bond donors (Lipinski definition) is 1. The molecule has 26 heavy (non-hydrogen) atoms. The average Bonchev–Trinajstić information content (AvgIpc) is 3.35. The number of nitrogens with zero attached hydrogens (tertiary/aromatic N) is 4. The van der Waals surface area contributed by atoms with E-state index >= 15 is 0 Å². The maximum absolute atomic E-state index is 5.20. The quantitative estimate of drug-likeness (QED) is 0.541. The molecule has 0 aliphatic carbocycles. The van der Waals surface area contributed by atoms with Crippen molar-refractivity contribution >= 4 is 16.7 Å². The minimum absolute atomic E-state index is 0.573. The van der Waals surface area contributed by atoms with Crippen molar-refractivity contribution in [1.82, 2.24) is 24.6 Å². The lowest BCUT2D eigenvalue weighted by Crippen LogP contribution is -2.11. The van der Waals surface area contributed by atoms with Crippen molar-refractivity contribution in [3.8, 4) is 11.4 Å². The standard InChI is InChI=1S/C20H19N5O/c1-3-26-23-15(2)16-7-8-20-19(11-16)22-14-25(20)18-6-4-5-17(12-18)24-10-9-21-13-24/h4-14,23H,2-3H2,1H3. The fourth-order valence-electron chi connectivity index (χ4n) is 2.84. The highest BCUT2D eigenvalue weighted by molar-refractivity contribution is 5.81. The lowest BCUT2D eigenvalue weighted by molar-refractivity contribution is 0.0901. The third-order valence-electron chi connectivity index (χ3n) is 4.15. The zero-order chi connectivity index (χ0) is 17.9. The topological polar surface area (TPSA) is 56.9 Å². The minimum Gasteiger partial charge on any atom is -0.306 e. The van der Waals surface area contributed by atoms with Crippen LogP contribution in [0, 0.1) is 0 Å². The van der Waals surface area contributed by atoms with Crippen LogP contribution in [0.1, 0.15) is 12.5 Å². The molecule has 1 N–H and O–H groups in total. The van der Waals surface area contributed by atoms with Crippen LogP contribution >= 0.6 is 0 Å². The number of nitrogens with one attached hydrogen (secondary N) is 1. The van der Waals surface area contributed by atoms with Crippen molar-refractivity contribution < 1.29 is 4.84 Å². The zero-order valence-corrected chi connectivity index (χ0v) is 14.5. The summed E-state index contributed by atoms with van der Waals surface area (Å²) in [6.45, 7) is 6.49. The van der Waals surface area contributed by atoms with Crippen molar-refractivity contribution in [3.05, 3.63) is 79.7 Å². The van der Waals surface area contributed by atoms with Crippen LogP contribution in [-0.2, 0) is 4.84 Å². The Labute approximate surface area is 151 Å². The predicted octanol–water partition coefficient (Wildman–Crippen LogP) is 3.72. The molecule has 130 valence electrons. The van der Waals surface area contributed by atoms with Crippen LogP contribution in [0.3, 0.4) is 0 Å². The molecule has 0 saturated heterocycles. The molecule has 6 nitrogen and oxygen atoms in total. The molecule has 4 aromatic rings. The number of imidazole rings is 2. The highest BCUT2D eigenvalue weighted by Crippen LogP contribution is 2.23. The first-order chi connectivity index (χ1) is 12.8. The van der Waals surface area contributed by atoms with Gasteiger partial charge in [0, 0.05) is 29.3 Å². The number of benzene rings is 2. The fourth-order valence-corrected chi connectivity index (χ4v) is 2.84. The summed E-state index contributed by atoms with van der Waals surface area (Å²) in [6.07, 6.45) is 7.31. The van der Waals surface area contributed by atoms with Gasteiger partial charge in [-0.15, -0.1) is 0 Å². The van der Waals surface area contributed by atoms with E-state index in [0.29, 0.717) is 12.3 Å². The molecule has 2 aromatic heterocycles. The lowest BCUT2D eigenvalue weighted by atomic mass is 10.1. The molecule has 0 unspecified atom stereocenters. The van der Waals surface area contributed by atoms with Crippen molar-refractivity contribution in [1.29, 1.82) is 0 Å². The highest BCUT2D eigenvalue weighted by Gasteiger charge is 2.08. The molecule has 0 amide bonds. The Morgan fingerprint density at radius 2 is 2.04 bits per heavy atom.